The van der Waals surface area contributed by atoms with Gasteiger partial charge in [-0.2, -0.15) is 4.31 Å². The number of hydrogen-bond acceptors (Lipinski definition) is 4. The lowest BCUT2D eigenvalue weighted by Crippen LogP contribution is -2.48. The van der Waals surface area contributed by atoms with Gasteiger partial charge in [-0.3, -0.25) is 0 Å². The molecule has 0 unspecified atom stereocenters. The lowest BCUT2D eigenvalue weighted by atomic mass is 10.2. The predicted molar refractivity (Wildman–Crippen MR) is 112 cm³/mol. The Balaban J connectivity index is 1.78. The van der Waals surface area contributed by atoms with Gasteiger partial charge in [-0.1, -0.05) is 35.0 Å². The molecule has 5 nitrogen and oxygen atoms in total. The molecule has 3 rings (SSSR count). The van der Waals surface area contributed by atoms with E-state index in [2.05, 4.69) is 20.8 Å². The molecule has 0 saturated carbocycles. The summed E-state index contributed by atoms with van der Waals surface area (Å²) >= 11 is 3.43. The average Bonchev–Trinajstić information content (AvgIpc) is 2.68. The van der Waals surface area contributed by atoms with Crippen LogP contribution in [0.15, 0.2) is 51.8 Å². The van der Waals surface area contributed by atoms with E-state index in [4.69, 9.17) is 4.74 Å². The highest BCUT2D eigenvalue weighted by molar-refractivity contribution is 9.10. The number of para-hydroxylation sites is 2. The Kier molecular flexibility index (Phi) is 6.44. The van der Waals surface area contributed by atoms with Crippen molar-refractivity contribution in [3.05, 3.63) is 52.5 Å². The second-order valence-corrected chi connectivity index (χ2v) is 9.22. The van der Waals surface area contributed by atoms with Crippen molar-refractivity contribution in [2.24, 2.45) is 0 Å². The number of nitrogens with zero attached hydrogens (tertiary/aromatic N) is 2. The van der Waals surface area contributed by atoms with Gasteiger partial charge in [0.05, 0.1) is 17.2 Å². The molecule has 1 aliphatic heterocycles. The highest BCUT2D eigenvalue weighted by atomic mass is 79.9. The molecule has 0 amide bonds. The van der Waals surface area contributed by atoms with Crippen molar-refractivity contribution < 1.29 is 13.2 Å². The Hall–Kier alpha value is -1.57. The number of piperazine rings is 1. The number of rotatable bonds is 6. The van der Waals surface area contributed by atoms with Gasteiger partial charge in [-0.05, 0) is 49.2 Å². The van der Waals surface area contributed by atoms with Crippen LogP contribution in [0.25, 0.3) is 0 Å². The van der Waals surface area contributed by atoms with Gasteiger partial charge in [-0.25, -0.2) is 8.42 Å². The van der Waals surface area contributed by atoms with E-state index in [0.717, 1.165) is 21.5 Å². The van der Waals surface area contributed by atoms with Gasteiger partial charge >= 0.3 is 0 Å². The number of halogens is 1. The third-order valence-electron chi connectivity index (χ3n) is 4.77. The fraction of sp³-hybridized carbons (Fsp3) is 0.400. The Morgan fingerprint density at radius 3 is 2.41 bits per heavy atom. The summed E-state index contributed by atoms with van der Waals surface area (Å²) in [5.74, 6) is 0.845. The van der Waals surface area contributed by atoms with E-state index in [1.54, 1.807) is 16.4 Å². The van der Waals surface area contributed by atoms with Crippen LogP contribution >= 0.6 is 15.9 Å². The molecule has 1 heterocycles. The maximum atomic E-state index is 13.2. The van der Waals surface area contributed by atoms with Crippen molar-refractivity contribution in [1.82, 2.24) is 4.31 Å². The van der Waals surface area contributed by atoms with Gasteiger partial charge in [0.2, 0.25) is 10.0 Å². The van der Waals surface area contributed by atoms with Crippen molar-refractivity contribution in [1.29, 1.82) is 0 Å². The lowest BCUT2D eigenvalue weighted by molar-refractivity contribution is 0.337. The molecule has 0 N–H and O–H groups in total. The molecule has 0 atom stereocenters. The summed E-state index contributed by atoms with van der Waals surface area (Å²) in [6, 6.07) is 13.3. The number of hydrogen-bond donors (Lipinski definition) is 0. The number of anilines is 1. The van der Waals surface area contributed by atoms with Crippen LogP contribution in [0.4, 0.5) is 5.69 Å². The normalized spacial score (nSPS) is 15.7. The zero-order valence-electron chi connectivity index (χ0n) is 15.7. The van der Waals surface area contributed by atoms with Crippen LogP contribution in [-0.2, 0) is 16.4 Å². The fourth-order valence-electron chi connectivity index (χ4n) is 3.38. The molecule has 0 radical (unpaired) electrons. The minimum atomic E-state index is -3.49. The monoisotopic (exact) mass is 452 g/mol. The molecule has 146 valence electrons. The summed E-state index contributed by atoms with van der Waals surface area (Å²) in [7, 11) is -3.49. The predicted octanol–water partition coefficient (Wildman–Crippen LogP) is 3.92. The average molecular weight is 453 g/mol. The summed E-state index contributed by atoms with van der Waals surface area (Å²) < 4.78 is 34.5. The van der Waals surface area contributed by atoms with Crippen molar-refractivity contribution in [3.8, 4) is 5.75 Å². The molecular weight excluding hydrogens is 428 g/mol. The van der Waals surface area contributed by atoms with Crippen molar-refractivity contribution in [2.45, 2.75) is 25.2 Å². The zero-order chi connectivity index (χ0) is 19.4. The fourth-order valence-corrected chi connectivity index (χ4v) is 5.49. The molecule has 1 saturated heterocycles. The molecule has 0 aromatic heterocycles. The minimum absolute atomic E-state index is 0.413. The molecule has 0 bridgehead atoms. The maximum Gasteiger partial charge on any atom is 0.243 e. The molecule has 2 aromatic rings. The first-order valence-electron chi connectivity index (χ1n) is 9.22. The molecule has 0 aliphatic carbocycles. The van der Waals surface area contributed by atoms with Gasteiger partial charge in [0.1, 0.15) is 5.75 Å². The molecule has 27 heavy (non-hydrogen) atoms. The van der Waals surface area contributed by atoms with Crippen LogP contribution in [0.1, 0.15) is 19.4 Å². The number of benzene rings is 2. The van der Waals surface area contributed by atoms with E-state index in [-0.39, 0.29) is 0 Å². The lowest BCUT2D eigenvalue weighted by Gasteiger charge is -2.36. The number of sulfonamides is 1. The first-order valence-corrected chi connectivity index (χ1v) is 11.5. The van der Waals surface area contributed by atoms with Crippen LogP contribution in [0.5, 0.6) is 5.75 Å². The van der Waals surface area contributed by atoms with Crippen molar-refractivity contribution >= 4 is 31.6 Å². The van der Waals surface area contributed by atoms with Crippen LogP contribution in [-0.4, -0.2) is 45.5 Å². The SMILES string of the molecule is CCOc1ccccc1N1CCN(S(=O)(=O)c2ccc(Br)cc2CC)CC1. The van der Waals surface area contributed by atoms with E-state index in [1.807, 2.05) is 44.2 Å². The van der Waals surface area contributed by atoms with Gasteiger partial charge in [-0.15, -0.1) is 0 Å². The summed E-state index contributed by atoms with van der Waals surface area (Å²) in [5, 5.41) is 0. The highest BCUT2D eigenvalue weighted by Gasteiger charge is 2.30. The summed E-state index contributed by atoms with van der Waals surface area (Å²) in [6.45, 7) is 6.75. The summed E-state index contributed by atoms with van der Waals surface area (Å²) in [5.41, 5.74) is 1.86. The van der Waals surface area contributed by atoms with Crippen LogP contribution in [0, 0.1) is 0 Å². The smallest absolute Gasteiger partial charge is 0.243 e. The van der Waals surface area contributed by atoms with Crippen molar-refractivity contribution in [3.63, 3.8) is 0 Å². The molecule has 0 spiro atoms. The van der Waals surface area contributed by atoms with Gasteiger partial charge < -0.3 is 9.64 Å². The minimum Gasteiger partial charge on any atom is -0.492 e. The van der Waals surface area contributed by atoms with Crippen LogP contribution in [0.3, 0.4) is 0 Å². The molecular formula is C20H25BrN2O3S. The maximum absolute atomic E-state index is 13.2. The van der Waals surface area contributed by atoms with Crippen LogP contribution in [0.2, 0.25) is 0 Å². The van der Waals surface area contributed by atoms with Gasteiger partial charge in [0.15, 0.2) is 0 Å². The Morgan fingerprint density at radius 2 is 1.74 bits per heavy atom. The second kappa shape index (κ2) is 8.63. The molecule has 1 aliphatic rings. The Bertz CT molecular complexity index is 894. The van der Waals surface area contributed by atoms with Crippen LogP contribution < -0.4 is 9.64 Å². The van der Waals surface area contributed by atoms with Gasteiger partial charge in [0.25, 0.3) is 0 Å². The third-order valence-corrected chi connectivity index (χ3v) is 7.26. The van der Waals surface area contributed by atoms with E-state index in [1.165, 1.54) is 0 Å². The number of aryl methyl sites for hydroxylation is 1. The Labute approximate surface area is 170 Å². The molecule has 7 heteroatoms. The van der Waals surface area contributed by atoms with E-state index >= 15 is 0 Å². The molecule has 2 aromatic carbocycles. The van der Waals surface area contributed by atoms with E-state index < -0.39 is 10.0 Å². The summed E-state index contributed by atoms with van der Waals surface area (Å²) in [4.78, 5) is 2.61. The second-order valence-electron chi connectivity index (χ2n) is 6.40. The first-order chi connectivity index (χ1) is 13.0. The Morgan fingerprint density at radius 1 is 1.04 bits per heavy atom. The summed E-state index contributed by atoms with van der Waals surface area (Å²) in [6.07, 6.45) is 0.676. The standard InChI is InChI=1S/C20H25BrN2O3S/c1-3-16-15-17(21)9-10-20(16)27(24,25)23-13-11-22(12-14-23)18-7-5-6-8-19(18)26-4-2/h5-10,15H,3-4,11-14H2,1-2H3. The largest absolute Gasteiger partial charge is 0.492 e. The first kappa shape index (κ1) is 20.2. The van der Waals surface area contributed by atoms with E-state index in [0.29, 0.717) is 44.1 Å². The topological polar surface area (TPSA) is 49.9 Å². The van der Waals surface area contributed by atoms with E-state index in [9.17, 15) is 8.42 Å². The number of ether oxygens (including phenoxy) is 1. The van der Waals surface area contributed by atoms with Crippen molar-refractivity contribution in [2.75, 3.05) is 37.7 Å². The third kappa shape index (κ3) is 4.31. The highest BCUT2D eigenvalue weighted by Crippen LogP contribution is 2.30. The molecule has 1 fully saturated rings. The van der Waals surface area contributed by atoms with Gasteiger partial charge in [0, 0.05) is 30.7 Å². The quantitative estimate of drug-likeness (QED) is 0.666. The zero-order valence-corrected chi connectivity index (χ0v) is 18.1.